The molecule has 0 saturated heterocycles. The van der Waals surface area contributed by atoms with Crippen molar-refractivity contribution in [1.82, 2.24) is 4.98 Å². The van der Waals surface area contributed by atoms with Crippen LogP contribution in [0.5, 0.6) is 0 Å². The van der Waals surface area contributed by atoms with Crippen molar-refractivity contribution in [2.75, 3.05) is 5.43 Å². The zero-order valence-electron chi connectivity index (χ0n) is 6.04. The predicted molar refractivity (Wildman–Crippen MR) is 41.8 cm³/mol. The monoisotopic (exact) mass is 167 g/mol. The van der Waals surface area contributed by atoms with Crippen LogP contribution in [0.3, 0.4) is 0 Å². The Morgan fingerprint density at radius 1 is 1.50 bits per heavy atom. The summed E-state index contributed by atoms with van der Waals surface area (Å²) < 4.78 is 17.6. The molecule has 0 amide bonds. The standard InChI is InChI=1S/C7H6FN3O/c8-4-1-2-5-6(3-4)12-7(10-5)11-9/h1-3H,9H2,(H,10,11). The van der Waals surface area contributed by atoms with Crippen molar-refractivity contribution in [3.63, 3.8) is 0 Å². The second-order valence-electron chi connectivity index (χ2n) is 2.28. The van der Waals surface area contributed by atoms with Crippen LogP contribution >= 0.6 is 0 Å². The number of hydrogen-bond acceptors (Lipinski definition) is 4. The molecule has 0 atom stereocenters. The summed E-state index contributed by atoms with van der Waals surface area (Å²) in [5, 5.41) is 0. The fourth-order valence-corrected chi connectivity index (χ4v) is 0.960. The Balaban J connectivity index is 2.67. The first-order valence-electron chi connectivity index (χ1n) is 3.32. The number of oxazole rings is 1. The number of nitrogen functional groups attached to an aromatic ring is 1. The molecule has 62 valence electrons. The number of nitrogens with two attached hydrogens (primary N) is 1. The van der Waals surface area contributed by atoms with Gasteiger partial charge in [-0.25, -0.2) is 10.2 Å². The third kappa shape index (κ3) is 0.998. The Hall–Kier alpha value is -1.62. The molecule has 2 rings (SSSR count). The van der Waals surface area contributed by atoms with E-state index in [9.17, 15) is 4.39 Å². The molecule has 1 aromatic carbocycles. The van der Waals surface area contributed by atoms with Gasteiger partial charge in [0.05, 0.1) is 0 Å². The number of nitrogens with zero attached hydrogens (tertiary/aromatic N) is 1. The van der Waals surface area contributed by atoms with E-state index in [4.69, 9.17) is 10.3 Å². The van der Waals surface area contributed by atoms with Crippen LogP contribution in [0, 0.1) is 5.82 Å². The lowest BCUT2D eigenvalue weighted by atomic mass is 10.3. The van der Waals surface area contributed by atoms with E-state index in [-0.39, 0.29) is 11.8 Å². The normalized spacial score (nSPS) is 10.5. The highest BCUT2D eigenvalue weighted by molar-refractivity contribution is 5.74. The van der Waals surface area contributed by atoms with E-state index in [1.165, 1.54) is 18.2 Å². The number of rotatable bonds is 1. The van der Waals surface area contributed by atoms with Crippen LogP contribution in [0.1, 0.15) is 0 Å². The van der Waals surface area contributed by atoms with Crippen LogP contribution < -0.4 is 11.3 Å². The van der Waals surface area contributed by atoms with Crippen molar-refractivity contribution >= 4 is 17.1 Å². The van der Waals surface area contributed by atoms with E-state index >= 15 is 0 Å². The summed E-state index contributed by atoms with van der Waals surface area (Å²) >= 11 is 0. The third-order valence-electron chi connectivity index (χ3n) is 1.47. The number of hydrazine groups is 1. The summed E-state index contributed by atoms with van der Waals surface area (Å²) in [7, 11) is 0. The fraction of sp³-hybridized carbons (Fsp3) is 0. The van der Waals surface area contributed by atoms with Crippen LogP contribution in [0.15, 0.2) is 22.6 Å². The second-order valence-corrected chi connectivity index (χ2v) is 2.28. The van der Waals surface area contributed by atoms with Crippen LogP contribution in [0.25, 0.3) is 11.1 Å². The van der Waals surface area contributed by atoms with E-state index < -0.39 is 0 Å². The third-order valence-corrected chi connectivity index (χ3v) is 1.47. The maximum Gasteiger partial charge on any atom is 0.310 e. The number of nitrogens with one attached hydrogen (secondary N) is 1. The summed E-state index contributed by atoms with van der Waals surface area (Å²) in [4.78, 5) is 3.90. The molecular formula is C7H6FN3O. The van der Waals surface area contributed by atoms with Gasteiger partial charge >= 0.3 is 6.01 Å². The Morgan fingerprint density at radius 3 is 3.08 bits per heavy atom. The number of anilines is 1. The minimum atomic E-state index is -0.359. The molecule has 2 aromatic rings. The SMILES string of the molecule is NNc1nc2ccc(F)cc2o1. The maximum absolute atomic E-state index is 12.6. The molecule has 3 N–H and O–H groups in total. The maximum atomic E-state index is 12.6. The lowest BCUT2D eigenvalue weighted by Crippen LogP contribution is -2.06. The lowest BCUT2D eigenvalue weighted by Gasteiger charge is -1.85. The summed E-state index contributed by atoms with van der Waals surface area (Å²) in [6.45, 7) is 0. The molecular weight excluding hydrogens is 161 g/mol. The first kappa shape index (κ1) is 7.05. The molecule has 0 fully saturated rings. The Kier molecular flexibility index (Phi) is 1.44. The van der Waals surface area contributed by atoms with E-state index in [1.54, 1.807) is 0 Å². The van der Waals surface area contributed by atoms with E-state index in [0.717, 1.165) is 0 Å². The minimum Gasteiger partial charge on any atom is -0.423 e. The molecule has 0 bridgehead atoms. The van der Waals surface area contributed by atoms with Crippen LogP contribution in [0.4, 0.5) is 10.4 Å². The molecule has 0 aliphatic carbocycles. The van der Waals surface area contributed by atoms with Crippen LogP contribution in [0.2, 0.25) is 0 Å². The molecule has 0 aliphatic heterocycles. The van der Waals surface area contributed by atoms with Crippen molar-refractivity contribution in [3.05, 3.63) is 24.0 Å². The second kappa shape index (κ2) is 2.46. The highest BCUT2D eigenvalue weighted by Crippen LogP contribution is 2.18. The van der Waals surface area contributed by atoms with Gasteiger partial charge in [0.25, 0.3) is 0 Å². The molecule has 4 nitrogen and oxygen atoms in total. The zero-order valence-corrected chi connectivity index (χ0v) is 6.04. The van der Waals surface area contributed by atoms with Gasteiger partial charge in [-0.2, -0.15) is 4.98 Å². The molecule has 5 heteroatoms. The van der Waals surface area contributed by atoms with Crippen molar-refractivity contribution < 1.29 is 8.81 Å². The van der Waals surface area contributed by atoms with Crippen molar-refractivity contribution in [1.29, 1.82) is 0 Å². The number of hydrogen-bond donors (Lipinski definition) is 2. The van der Waals surface area contributed by atoms with Gasteiger partial charge in [0.15, 0.2) is 5.58 Å². The largest absolute Gasteiger partial charge is 0.423 e. The fourth-order valence-electron chi connectivity index (χ4n) is 0.960. The number of halogens is 1. The van der Waals surface area contributed by atoms with Gasteiger partial charge in [-0.1, -0.05) is 0 Å². The molecule has 1 heterocycles. The molecule has 0 unspecified atom stereocenters. The Bertz CT molecular complexity index is 412. The van der Waals surface area contributed by atoms with Gasteiger partial charge in [-0.15, -0.1) is 0 Å². The summed E-state index contributed by atoms with van der Waals surface area (Å²) in [6.07, 6.45) is 0. The summed E-state index contributed by atoms with van der Waals surface area (Å²) in [5.41, 5.74) is 3.19. The Morgan fingerprint density at radius 2 is 2.33 bits per heavy atom. The quantitative estimate of drug-likeness (QED) is 0.495. The molecule has 0 radical (unpaired) electrons. The topological polar surface area (TPSA) is 64.1 Å². The van der Waals surface area contributed by atoms with E-state index in [2.05, 4.69) is 10.4 Å². The van der Waals surface area contributed by atoms with Gasteiger partial charge in [0.2, 0.25) is 0 Å². The highest BCUT2D eigenvalue weighted by Gasteiger charge is 2.03. The van der Waals surface area contributed by atoms with Crippen molar-refractivity contribution in [2.45, 2.75) is 0 Å². The number of benzene rings is 1. The van der Waals surface area contributed by atoms with Crippen molar-refractivity contribution in [3.8, 4) is 0 Å². The Labute approximate surface area is 67.2 Å². The van der Waals surface area contributed by atoms with Gasteiger partial charge in [-0.3, -0.25) is 5.43 Å². The van der Waals surface area contributed by atoms with Crippen LogP contribution in [-0.2, 0) is 0 Å². The summed E-state index contributed by atoms with van der Waals surface area (Å²) in [6, 6.07) is 4.26. The molecule has 1 aromatic heterocycles. The smallest absolute Gasteiger partial charge is 0.310 e. The highest BCUT2D eigenvalue weighted by atomic mass is 19.1. The lowest BCUT2D eigenvalue weighted by molar-refractivity contribution is 0.601. The number of fused-ring (bicyclic) bond motifs is 1. The van der Waals surface area contributed by atoms with Crippen LogP contribution in [-0.4, -0.2) is 4.98 Å². The van der Waals surface area contributed by atoms with Crippen molar-refractivity contribution in [2.24, 2.45) is 5.84 Å². The molecule has 0 saturated carbocycles. The average Bonchev–Trinajstić information content (AvgIpc) is 2.46. The minimum absolute atomic E-state index is 0.176. The first-order chi connectivity index (χ1) is 5.79. The molecule has 0 aliphatic rings. The van der Waals surface area contributed by atoms with Gasteiger partial charge in [0.1, 0.15) is 11.3 Å². The number of aromatic nitrogens is 1. The van der Waals surface area contributed by atoms with Gasteiger partial charge in [-0.05, 0) is 12.1 Å². The molecule has 0 spiro atoms. The summed E-state index contributed by atoms with van der Waals surface area (Å²) in [5.74, 6) is 4.69. The zero-order chi connectivity index (χ0) is 8.55. The predicted octanol–water partition coefficient (Wildman–Crippen LogP) is 1.25. The first-order valence-corrected chi connectivity index (χ1v) is 3.32. The average molecular weight is 167 g/mol. The molecule has 12 heavy (non-hydrogen) atoms. The van der Waals surface area contributed by atoms with E-state index in [0.29, 0.717) is 11.1 Å². The van der Waals surface area contributed by atoms with Gasteiger partial charge in [0, 0.05) is 6.07 Å². The van der Waals surface area contributed by atoms with Gasteiger partial charge < -0.3 is 4.42 Å². The van der Waals surface area contributed by atoms with E-state index in [1.807, 2.05) is 0 Å².